The first kappa shape index (κ1) is 15.0. The smallest absolute Gasteiger partial charge is 0.0414 e. The lowest BCUT2D eigenvalue weighted by Crippen LogP contribution is -1.88. The van der Waals surface area contributed by atoms with Crippen molar-refractivity contribution in [2.45, 2.75) is 77.6 Å². The van der Waals surface area contributed by atoms with Crippen molar-refractivity contribution in [2.24, 2.45) is 5.92 Å². The Morgan fingerprint density at radius 1 is 0.667 bits per heavy atom. The van der Waals surface area contributed by atoms with Crippen LogP contribution in [0, 0.1) is 19.8 Å². The summed E-state index contributed by atoms with van der Waals surface area (Å²) in [6.07, 6.45) is 15.3. The zero-order valence-corrected chi connectivity index (χ0v) is 10.8. The van der Waals surface area contributed by atoms with Crippen molar-refractivity contribution >= 4 is 0 Å². The maximum Gasteiger partial charge on any atom is -0.0414 e. The van der Waals surface area contributed by atoms with Gasteiger partial charge in [-0.05, 0) is 5.92 Å². The molecule has 0 aromatic carbocycles. The first-order chi connectivity index (χ1) is 7.27. The molecule has 0 aromatic rings. The Balaban J connectivity index is 2.87. The molecule has 2 radical (unpaired) electrons. The van der Waals surface area contributed by atoms with E-state index in [2.05, 4.69) is 20.8 Å². The van der Waals surface area contributed by atoms with Crippen LogP contribution in [0.2, 0.25) is 0 Å². The number of unbranched alkanes of at least 4 members (excludes halogenated alkanes) is 9. The third-order valence-electron chi connectivity index (χ3n) is 2.97. The molecule has 0 bridgehead atoms. The van der Waals surface area contributed by atoms with E-state index < -0.39 is 0 Å². The minimum atomic E-state index is 0.402. The van der Waals surface area contributed by atoms with E-state index >= 15 is 0 Å². The van der Waals surface area contributed by atoms with Gasteiger partial charge in [0.2, 0.25) is 0 Å². The molecule has 0 saturated heterocycles. The molecule has 0 amide bonds. The third-order valence-corrected chi connectivity index (χ3v) is 2.97. The molecular weight excluding hydrogens is 180 g/mol. The minimum absolute atomic E-state index is 0.402. The van der Waals surface area contributed by atoms with Gasteiger partial charge in [-0.1, -0.05) is 91.4 Å². The fourth-order valence-corrected chi connectivity index (χ4v) is 1.92. The van der Waals surface area contributed by atoms with Gasteiger partial charge >= 0.3 is 0 Å². The monoisotopic (exact) mass is 210 g/mol. The second kappa shape index (κ2) is 12.1. The van der Waals surface area contributed by atoms with Crippen LogP contribution in [0.25, 0.3) is 0 Å². The van der Waals surface area contributed by atoms with Gasteiger partial charge in [-0.25, -0.2) is 0 Å². The number of hydrogen-bond donors (Lipinski definition) is 0. The zero-order chi connectivity index (χ0) is 11.4. The van der Waals surface area contributed by atoms with Crippen molar-refractivity contribution < 1.29 is 0 Å². The quantitative estimate of drug-likeness (QED) is 0.390. The Bertz CT molecular complexity index is 105. The number of rotatable bonds is 11. The molecule has 0 unspecified atom stereocenters. The van der Waals surface area contributed by atoms with Crippen molar-refractivity contribution in [1.82, 2.24) is 0 Å². The largest absolute Gasteiger partial charge is 0.0654 e. The highest BCUT2D eigenvalue weighted by atomic mass is 14.0. The van der Waals surface area contributed by atoms with Crippen LogP contribution in [-0.4, -0.2) is 0 Å². The number of hydrogen-bond acceptors (Lipinski definition) is 0. The van der Waals surface area contributed by atoms with Crippen molar-refractivity contribution in [1.29, 1.82) is 0 Å². The lowest BCUT2D eigenvalue weighted by Gasteiger charge is -2.04. The average molecular weight is 210 g/mol. The van der Waals surface area contributed by atoms with Gasteiger partial charge in [-0.15, -0.1) is 0 Å². The molecule has 0 fully saturated rings. The second-order valence-corrected chi connectivity index (χ2v) is 4.84. The summed E-state index contributed by atoms with van der Waals surface area (Å²) in [7, 11) is 0. The maximum atomic E-state index is 3.90. The summed E-state index contributed by atoms with van der Waals surface area (Å²) < 4.78 is 0. The van der Waals surface area contributed by atoms with E-state index in [1.54, 1.807) is 0 Å². The highest BCUT2D eigenvalue weighted by Crippen LogP contribution is 2.12. The lowest BCUT2D eigenvalue weighted by atomic mass is 10.0. The normalized spacial score (nSPS) is 11.2. The predicted molar refractivity (Wildman–Crippen MR) is 70.7 cm³/mol. The summed E-state index contributed by atoms with van der Waals surface area (Å²) in [6, 6.07) is 0. The van der Waals surface area contributed by atoms with Crippen LogP contribution < -0.4 is 0 Å². The van der Waals surface area contributed by atoms with Gasteiger partial charge in [0.25, 0.3) is 0 Å². The molecule has 0 aliphatic heterocycles. The van der Waals surface area contributed by atoms with Crippen LogP contribution >= 0.6 is 0 Å². The molecule has 0 aliphatic carbocycles. The van der Waals surface area contributed by atoms with Gasteiger partial charge in [0.05, 0.1) is 0 Å². The summed E-state index contributed by atoms with van der Waals surface area (Å²) in [5, 5.41) is 0. The Morgan fingerprint density at radius 2 is 1.07 bits per heavy atom. The van der Waals surface area contributed by atoms with Crippen LogP contribution in [0.4, 0.5) is 0 Å². The van der Waals surface area contributed by atoms with Crippen molar-refractivity contribution in [2.75, 3.05) is 0 Å². The molecule has 0 atom stereocenters. The minimum Gasteiger partial charge on any atom is -0.0654 e. The van der Waals surface area contributed by atoms with Gasteiger partial charge in [0, 0.05) is 0 Å². The lowest BCUT2D eigenvalue weighted by molar-refractivity contribution is 0.536. The molecule has 0 heterocycles. The Morgan fingerprint density at radius 3 is 1.47 bits per heavy atom. The molecule has 0 spiro atoms. The van der Waals surface area contributed by atoms with Gasteiger partial charge in [0.15, 0.2) is 0 Å². The maximum absolute atomic E-state index is 3.90. The third kappa shape index (κ3) is 14.0. The van der Waals surface area contributed by atoms with Crippen LogP contribution in [0.3, 0.4) is 0 Å². The van der Waals surface area contributed by atoms with Crippen LogP contribution in [0.1, 0.15) is 77.6 Å². The van der Waals surface area contributed by atoms with Crippen molar-refractivity contribution in [3.8, 4) is 0 Å². The van der Waals surface area contributed by atoms with E-state index in [-0.39, 0.29) is 0 Å². The van der Waals surface area contributed by atoms with Crippen LogP contribution in [-0.2, 0) is 0 Å². The topological polar surface area (TPSA) is 0 Å². The van der Waals surface area contributed by atoms with Gasteiger partial charge < -0.3 is 0 Å². The molecule has 0 saturated carbocycles. The van der Waals surface area contributed by atoms with Crippen LogP contribution in [0.5, 0.6) is 0 Å². The molecule has 0 aliphatic rings. The summed E-state index contributed by atoms with van der Waals surface area (Å²) in [4.78, 5) is 0. The van der Waals surface area contributed by atoms with E-state index in [1.807, 2.05) is 0 Å². The zero-order valence-electron chi connectivity index (χ0n) is 10.8. The second-order valence-electron chi connectivity index (χ2n) is 4.84. The SMILES string of the molecule is [CH2]C([CH2])CCCCCCCCCCCC. The highest BCUT2D eigenvalue weighted by Gasteiger charge is 1.95. The van der Waals surface area contributed by atoms with Crippen LogP contribution in [0.15, 0.2) is 0 Å². The van der Waals surface area contributed by atoms with E-state index in [4.69, 9.17) is 0 Å². The summed E-state index contributed by atoms with van der Waals surface area (Å²) in [5.41, 5.74) is 0. The molecule has 0 N–H and O–H groups in total. The predicted octanol–water partition coefficient (Wildman–Crippen LogP) is 5.58. The first-order valence-corrected chi connectivity index (χ1v) is 6.93. The highest BCUT2D eigenvalue weighted by molar-refractivity contribution is 4.62. The summed E-state index contributed by atoms with van der Waals surface area (Å²) in [6.45, 7) is 10.1. The van der Waals surface area contributed by atoms with Gasteiger partial charge in [0.1, 0.15) is 0 Å². The van der Waals surface area contributed by atoms with E-state index in [0.29, 0.717) is 5.92 Å². The fourth-order valence-electron chi connectivity index (χ4n) is 1.92. The molecule has 0 rings (SSSR count). The molecule has 0 aromatic heterocycles. The Hall–Kier alpha value is 0. The van der Waals surface area contributed by atoms with Crippen molar-refractivity contribution in [3.05, 3.63) is 13.8 Å². The summed E-state index contributed by atoms with van der Waals surface area (Å²) >= 11 is 0. The first-order valence-electron chi connectivity index (χ1n) is 6.93. The molecule has 0 heteroatoms. The van der Waals surface area contributed by atoms with E-state index in [1.165, 1.54) is 70.6 Å². The molecule has 90 valence electrons. The standard InChI is InChI=1S/C15H30/c1-4-5-6-7-8-9-10-11-12-13-14-15(2)3/h15H,2-14H2,1H3. The Kier molecular flexibility index (Phi) is 12.1. The fraction of sp³-hybridized carbons (Fsp3) is 0.867. The van der Waals surface area contributed by atoms with E-state index in [9.17, 15) is 0 Å². The van der Waals surface area contributed by atoms with Gasteiger partial charge in [-0.3, -0.25) is 0 Å². The summed E-state index contributed by atoms with van der Waals surface area (Å²) in [5.74, 6) is 0.402. The molecule has 15 heavy (non-hydrogen) atoms. The van der Waals surface area contributed by atoms with E-state index in [0.717, 1.165) is 0 Å². The Labute approximate surface area is 97.8 Å². The molecular formula is C15H30. The van der Waals surface area contributed by atoms with Crippen molar-refractivity contribution in [3.63, 3.8) is 0 Å². The van der Waals surface area contributed by atoms with Gasteiger partial charge in [-0.2, -0.15) is 0 Å². The molecule has 0 nitrogen and oxygen atoms in total. The average Bonchev–Trinajstić information content (AvgIpc) is 2.20.